The third-order valence-electron chi connectivity index (χ3n) is 8.66. The van der Waals surface area contributed by atoms with Crippen molar-refractivity contribution in [3.8, 4) is 44.2 Å². The molecule has 0 saturated carbocycles. The molecule has 5 rings (SSSR count). The largest absolute Gasteiger partial charge is 0.146 e. The van der Waals surface area contributed by atoms with E-state index in [2.05, 4.69) is 103 Å². The highest BCUT2D eigenvalue weighted by Gasteiger charge is 2.42. The van der Waals surface area contributed by atoms with E-state index in [1.54, 1.807) is 0 Å². The summed E-state index contributed by atoms with van der Waals surface area (Å²) in [5, 5.41) is 2.64. The second kappa shape index (κ2) is 10.4. The number of hydrogen-bond acceptors (Lipinski definition) is 2. The topological polar surface area (TPSA) is 0 Å². The van der Waals surface area contributed by atoms with E-state index >= 15 is 0 Å². The van der Waals surface area contributed by atoms with Crippen LogP contribution in [-0.4, -0.2) is 8.07 Å². The Kier molecular flexibility index (Phi) is 7.43. The Labute approximate surface area is 238 Å². The molecule has 0 fully saturated rings. The SMILES string of the molecule is CC#CC1=c2cc3c(cc2-c2sc(CCCC)cc21)=C(C#C[Si](C(C)C)(C(C)C)C(C)C)c1cc(C)sc1-3. The van der Waals surface area contributed by atoms with Crippen molar-refractivity contribution in [2.45, 2.75) is 98.2 Å². The van der Waals surface area contributed by atoms with Gasteiger partial charge in [-0.2, -0.15) is 0 Å². The molecule has 2 aliphatic carbocycles. The molecule has 1 aromatic carbocycles. The lowest BCUT2D eigenvalue weighted by molar-refractivity contribution is 0.804. The van der Waals surface area contributed by atoms with E-state index in [0.29, 0.717) is 16.6 Å². The molecule has 3 aromatic rings. The molecule has 0 atom stereocenters. The van der Waals surface area contributed by atoms with Gasteiger partial charge >= 0.3 is 0 Å². The third kappa shape index (κ3) is 4.19. The molecule has 38 heavy (non-hydrogen) atoms. The Morgan fingerprint density at radius 1 is 0.737 bits per heavy atom. The van der Waals surface area contributed by atoms with Crippen LogP contribution >= 0.6 is 22.7 Å². The summed E-state index contributed by atoms with van der Waals surface area (Å²) in [5.41, 5.74) is 13.8. The van der Waals surface area contributed by atoms with Gasteiger partial charge in [-0.25, -0.2) is 0 Å². The van der Waals surface area contributed by atoms with Crippen LogP contribution in [0.25, 0.3) is 32.0 Å². The fourth-order valence-electron chi connectivity index (χ4n) is 6.88. The highest BCUT2D eigenvalue weighted by molar-refractivity contribution is 7.16. The number of fused-ring (bicyclic) bond motifs is 6. The van der Waals surface area contributed by atoms with Crippen molar-refractivity contribution in [2.24, 2.45) is 0 Å². The monoisotopic (exact) mass is 552 g/mol. The standard InChI is InChI=1S/C35H40S2Si/c1-10-12-14-25-18-31-26(13-11-2)28-19-32-29(20-33(28)35(31)37-25)27(30-17-24(9)36-34(30)32)15-16-38(21(3)4,22(5)6)23(7)8/h17-23H,10,12,14H2,1-9H3. The summed E-state index contributed by atoms with van der Waals surface area (Å²) in [6.45, 7) is 20.9. The van der Waals surface area contributed by atoms with Gasteiger partial charge in [-0.1, -0.05) is 66.7 Å². The molecule has 0 radical (unpaired) electrons. The molecule has 0 unspecified atom stereocenters. The second-order valence-electron chi connectivity index (χ2n) is 11.9. The summed E-state index contributed by atoms with van der Waals surface area (Å²) >= 11 is 3.89. The Morgan fingerprint density at radius 3 is 1.84 bits per heavy atom. The summed E-state index contributed by atoms with van der Waals surface area (Å²) in [7, 11) is -1.84. The normalized spacial score (nSPS) is 13.4. The van der Waals surface area contributed by atoms with Gasteiger partial charge in [0.15, 0.2) is 0 Å². The van der Waals surface area contributed by atoms with Crippen molar-refractivity contribution >= 4 is 41.9 Å². The Morgan fingerprint density at radius 2 is 1.29 bits per heavy atom. The van der Waals surface area contributed by atoms with Gasteiger partial charge < -0.3 is 0 Å². The third-order valence-corrected chi connectivity index (χ3v) is 17.3. The fraction of sp³-hybridized carbons (Fsp3) is 0.429. The van der Waals surface area contributed by atoms with E-state index in [1.807, 2.05) is 29.6 Å². The van der Waals surface area contributed by atoms with E-state index in [-0.39, 0.29) is 0 Å². The first-order valence-corrected chi connectivity index (χ1v) is 18.1. The molecular formula is C35H40S2Si. The highest BCUT2D eigenvalue weighted by atomic mass is 32.1. The van der Waals surface area contributed by atoms with Crippen LogP contribution in [0.1, 0.15) is 89.1 Å². The zero-order valence-corrected chi connectivity index (χ0v) is 27.1. The quantitative estimate of drug-likeness (QED) is 0.211. The zero-order valence-electron chi connectivity index (χ0n) is 24.5. The predicted octanol–water partition coefficient (Wildman–Crippen LogP) is 9.06. The van der Waals surface area contributed by atoms with Gasteiger partial charge in [-0.3, -0.25) is 0 Å². The van der Waals surface area contributed by atoms with Crippen molar-refractivity contribution in [1.82, 2.24) is 0 Å². The zero-order chi connectivity index (χ0) is 27.4. The summed E-state index contributed by atoms with van der Waals surface area (Å²) in [6, 6.07) is 9.68. The maximum atomic E-state index is 4.04. The van der Waals surface area contributed by atoms with Crippen LogP contribution < -0.4 is 10.4 Å². The minimum atomic E-state index is -1.84. The molecular weight excluding hydrogens is 513 g/mol. The van der Waals surface area contributed by atoms with Gasteiger partial charge in [0, 0.05) is 63.3 Å². The summed E-state index contributed by atoms with van der Waals surface area (Å²) in [5.74, 6) is 10.6. The first kappa shape index (κ1) is 27.3. The van der Waals surface area contributed by atoms with Crippen molar-refractivity contribution in [3.05, 3.63) is 55.6 Å². The number of hydrogen-bond donors (Lipinski definition) is 0. The van der Waals surface area contributed by atoms with Crippen molar-refractivity contribution < 1.29 is 0 Å². The second-order valence-corrected chi connectivity index (χ2v) is 19.8. The molecule has 2 aliphatic rings. The van der Waals surface area contributed by atoms with E-state index < -0.39 is 8.07 Å². The molecule has 0 nitrogen and oxygen atoms in total. The van der Waals surface area contributed by atoms with Gasteiger partial charge in [-0.15, -0.1) is 34.1 Å². The van der Waals surface area contributed by atoms with Crippen LogP contribution in [0.3, 0.4) is 0 Å². The van der Waals surface area contributed by atoms with Gasteiger partial charge in [0.2, 0.25) is 0 Å². The maximum absolute atomic E-state index is 4.04. The minimum Gasteiger partial charge on any atom is -0.140 e. The van der Waals surface area contributed by atoms with Crippen LogP contribution in [-0.2, 0) is 6.42 Å². The first-order valence-electron chi connectivity index (χ1n) is 14.3. The highest BCUT2D eigenvalue weighted by Crippen LogP contribution is 2.44. The molecule has 196 valence electrons. The first-order chi connectivity index (χ1) is 18.1. The molecule has 0 spiro atoms. The van der Waals surface area contributed by atoms with Crippen LogP contribution in [0.15, 0.2) is 24.3 Å². The number of benzene rings is 1. The van der Waals surface area contributed by atoms with Gasteiger partial charge in [-0.05, 0) is 67.6 Å². The number of aryl methyl sites for hydroxylation is 2. The molecule has 3 heteroatoms. The predicted molar refractivity (Wildman–Crippen MR) is 173 cm³/mol. The molecule has 2 aromatic heterocycles. The number of thiophene rings is 2. The minimum absolute atomic E-state index is 0.625. The van der Waals surface area contributed by atoms with E-state index in [9.17, 15) is 0 Å². The molecule has 2 heterocycles. The molecule has 0 saturated heterocycles. The van der Waals surface area contributed by atoms with E-state index in [1.165, 1.54) is 76.2 Å². The van der Waals surface area contributed by atoms with Crippen molar-refractivity contribution in [1.29, 1.82) is 0 Å². The average Bonchev–Trinajstić information content (AvgIpc) is 3.57. The molecule has 0 N–H and O–H groups in total. The lowest BCUT2D eigenvalue weighted by Gasteiger charge is -2.38. The Hall–Kier alpha value is -2.30. The molecule has 0 aliphatic heterocycles. The van der Waals surface area contributed by atoms with E-state index in [0.717, 1.165) is 6.42 Å². The Balaban J connectivity index is 1.80. The van der Waals surface area contributed by atoms with Crippen molar-refractivity contribution in [3.63, 3.8) is 0 Å². The Bertz CT molecular complexity index is 1640. The number of unbranched alkanes of at least 4 members (excludes halogenated alkanes) is 1. The maximum Gasteiger partial charge on any atom is 0.146 e. The summed E-state index contributed by atoms with van der Waals surface area (Å²) in [4.78, 5) is 5.63. The average molecular weight is 553 g/mol. The van der Waals surface area contributed by atoms with Crippen LogP contribution in [0, 0.1) is 30.2 Å². The summed E-state index contributed by atoms with van der Waals surface area (Å²) in [6.07, 6.45) is 3.63. The summed E-state index contributed by atoms with van der Waals surface area (Å²) < 4.78 is 0. The smallest absolute Gasteiger partial charge is 0.140 e. The van der Waals surface area contributed by atoms with Crippen molar-refractivity contribution in [2.75, 3.05) is 0 Å². The fourth-order valence-corrected chi connectivity index (χ4v) is 14.4. The lowest BCUT2D eigenvalue weighted by Crippen LogP contribution is -2.43. The van der Waals surface area contributed by atoms with Gasteiger partial charge in [0.1, 0.15) is 8.07 Å². The molecule has 0 bridgehead atoms. The van der Waals surface area contributed by atoms with Crippen LogP contribution in [0.5, 0.6) is 0 Å². The van der Waals surface area contributed by atoms with Crippen LogP contribution in [0.4, 0.5) is 0 Å². The lowest BCUT2D eigenvalue weighted by atomic mass is 10.1. The van der Waals surface area contributed by atoms with Gasteiger partial charge in [0.25, 0.3) is 0 Å². The van der Waals surface area contributed by atoms with Crippen LogP contribution in [0.2, 0.25) is 16.6 Å². The van der Waals surface area contributed by atoms with Gasteiger partial charge in [0.05, 0.1) is 0 Å². The molecule has 0 amide bonds. The van der Waals surface area contributed by atoms with E-state index in [4.69, 9.17) is 0 Å². The number of rotatable bonds is 6.